The smallest absolute Gasteiger partial charge is 0.237 e. The summed E-state index contributed by atoms with van der Waals surface area (Å²) in [5.41, 5.74) is 5.73. The number of thioether (sulfide) groups is 1. The van der Waals surface area contributed by atoms with Crippen molar-refractivity contribution >= 4 is 17.7 Å². The van der Waals surface area contributed by atoms with Crippen LogP contribution in [0.5, 0.6) is 0 Å². The molecule has 0 aliphatic rings. The van der Waals surface area contributed by atoms with Crippen molar-refractivity contribution in [1.82, 2.24) is 5.32 Å². The molecule has 0 aromatic carbocycles. The Kier molecular flexibility index (Phi) is 7.09. The summed E-state index contributed by atoms with van der Waals surface area (Å²) in [7, 11) is 0. The first-order chi connectivity index (χ1) is 6.13. The van der Waals surface area contributed by atoms with Crippen LogP contribution in [0.3, 0.4) is 0 Å². The largest absolute Gasteiger partial charge is 0.354 e. The highest BCUT2D eigenvalue weighted by molar-refractivity contribution is 7.98. The first kappa shape index (κ1) is 12.8. The molecule has 3 N–H and O–H groups in total. The fourth-order valence-corrected chi connectivity index (χ4v) is 1.21. The van der Waals surface area contributed by atoms with Gasteiger partial charge in [-0.2, -0.15) is 11.8 Å². The van der Waals surface area contributed by atoms with Gasteiger partial charge in [0.05, 0.1) is 6.04 Å². The van der Waals surface area contributed by atoms with Gasteiger partial charge in [0.25, 0.3) is 0 Å². The quantitative estimate of drug-likeness (QED) is 0.630. The van der Waals surface area contributed by atoms with E-state index in [9.17, 15) is 4.79 Å². The molecule has 0 saturated carbocycles. The molecular weight excluding hydrogens is 184 g/mol. The van der Waals surface area contributed by atoms with Gasteiger partial charge < -0.3 is 11.1 Å². The van der Waals surface area contributed by atoms with E-state index in [1.54, 1.807) is 11.8 Å². The number of nitrogens with one attached hydrogen (secondary N) is 1. The summed E-state index contributed by atoms with van der Waals surface area (Å²) in [4.78, 5) is 11.4. The van der Waals surface area contributed by atoms with Crippen molar-refractivity contribution < 1.29 is 4.79 Å². The number of hydrogen-bond acceptors (Lipinski definition) is 3. The molecule has 3 nitrogen and oxygen atoms in total. The number of carbonyl (C=O) groups excluding carboxylic acids is 1. The third-order valence-electron chi connectivity index (χ3n) is 2.17. The first-order valence-corrected chi connectivity index (χ1v) is 6.05. The number of rotatable bonds is 6. The van der Waals surface area contributed by atoms with Crippen molar-refractivity contribution in [2.24, 2.45) is 11.7 Å². The highest BCUT2D eigenvalue weighted by Crippen LogP contribution is 2.04. The van der Waals surface area contributed by atoms with E-state index in [1.807, 2.05) is 20.1 Å². The molecule has 0 aromatic heterocycles. The third kappa shape index (κ3) is 5.16. The molecule has 0 aliphatic heterocycles. The van der Waals surface area contributed by atoms with Crippen LogP contribution in [0.4, 0.5) is 0 Å². The molecule has 1 amide bonds. The van der Waals surface area contributed by atoms with Crippen molar-refractivity contribution in [2.75, 3.05) is 18.6 Å². The SMILES string of the molecule is CC[C@H](C)[C@H](N)C(=O)NCCSC. The normalized spacial score (nSPS) is 15.1. The van der Waals surface area contributed by atoms with Crippen LogP contribution >= 0.6 is 11.8 Å². The highest BCUT2D eigenvalue weighted by atomic mass is 32.2. The topological polar surface area (TPSA) is 55.1 Å². The fraction of sp³-hybridized carbons (Fsp3) is 0.889. The van der Waals surface area contributed by atoms with Crippen LogP contribution in [0.2, 0.25) is 0 Å². The van der Waals surface area contributed by atoms with Crippen LogP contribution in [0.15, 0.2) is 0 Å². The number of carbonyl (C=O) groups is 1. The van der Waals surface area contributed by atoms with Crippen LogP contribution in [0.1, 0.15) is 20.3 Å². The molecule has 0 saturated heterocycles. The minimum atomic E-state index is -0.355. The fourth-order valence-electron chi connectivity index (χ4n) is 0.906. The Morgan fingerprint density at radius 1 is 1.62 bits per heavy atom. The maximum absolute atomic E-state index is 11.4. The Morgan fingerprint density at radius 2 is 2.23 bits per heavy atom. The summed E-state index contributed by atoms with van der Waals surface area (Å²) in [6, 6.07) is -0.355. The number of amides is 1. The lowest BCUT2D eigenvalue weighted by Gasteiger charge is -2.17. The Bertz CT molecular complexity index is 153. The summed E-state index contributed by atoms with van der Waals surface area (Å²) >= 11 is 1.71. The average molecular weight is 204 g/mol. The van der Waals surface area contributed by atoms with Crippen molar-refractivity contribution in [3.63, 3.8) is 0 Å². The van der Waals surface area contributed by atoms with Gasteiger partial charge in [0, 0.05) is 12.3 Å². The number of hydrogen-bond donors (Lipinski definition) is 2. The van der Waals surface area contributed by atoms with Gasteiger partial charge >= 0.3 is 0 Å². The van der Waals surface area contributed by atoms with Gasteiger partial charge in [-0.1, -0.05) is 20.3 Å². The minimum Gasteiger partial charge on any atom is -0.354 e. The Labute approximate surface area is 84.8 Å². The lowest BCUT2D eigenvalue weighted by atomic mass is 9.99. The summed E-state index contributed by atoms with van der Waals surface area (Å²) in [5, 5.41) is 2.81. The molecule has 0 fully saturated rings. The zero-order valence-electron chi connectivity index (χ0n) is 8.67. The van der Waals surface area contributed by atoms with Gasteiger partial charge in [-0.3, -0.25) is 4.79 Å². The Hall–Kier alpha value is -0.220. The minimum absolute atomic E-state index is 0.0246. The van der Waals surface area contributed by atoms with E-state index in [2.05, 4.69) is 5.32 Å². The number of nitrogens with two attached hydrogens (primary N) is 1. The molecule has 0 radical (unpaired) electrons. The molecule has 0 aromatic rings. The molecule has 0 aliphatic carbocycles. The maximum Gasteiger partial charge on any atom is 0.237 e. The molecule has 4 heteroatoms. The van der Waals surface area contributed by atoms with E-state index in [1.165, 1.54) is 0 Å². The lowest BCUT2D eigenvalue weighted by Crippen LogP contribution is -2.45. The summed E-state index contributed by atoms with van der Waals surface area (Å²) in [6.45, 7) is 4.75. The van der Waals surface area contributed by atoms with Crippen molar-refractivity contribution in [3.8, 4) is 0 Å². The van der Waals surface area contributed by atoms with Crippen LogP contribution in [-0.4, -0.2) is 30.5 Å². The Balaban J connectivity index is 3.69. The summed E-state index contributed by atoms with van der Waals surface area (Å²) in [5.74, 6) is 1.18. The van der Waals surface area contributed by atoms with Gasteiger partial charge in [-0.05, 0) is 12.2 Å². The second kappa shape index (κ2) is 7.21. The zero-order chi connectivity index (χ0) is 10.3. The van der Waals surface area contributed by atoms with Gasteiger partial charge in [0.1, 0.15) is 0 Å². The summed E-state index contributed by atoms with van der Waals surface area (Å²) < 4.78 is 0. The molecule has 0 rings (SSSR count). The van der Waals surface area contributed by atoms with E-state index in [4.69, 9.17) is 5.73 Å². The third-order valence-corrected chi connectivity index (χ3v) is 2.78. The highest BCUT2D eigenvalue weighted by Gasteiger charge is 2.18. The average Bonchev–Trinajstić information content (AvgIpc) is 2.15. The molecule has 0 heterocycles. The second-order valence-corrected chi connectivity index (χ2v) is 4.18. The monoisotopic (exact) mass is 204 g/mol. The molecular formula is C9H20N2OS. The van der Waals surface area contributed by atoms with Gasteiger partial charge in [-0.25, -0.2) is 0 Å². The summed E-state index contributed by atoms with van der Waals surface area (Å²) in [6.07, 6.45) is 2.96. The molecule has 2 atom stereocenters. The predicted molar refractivity (Wildman–Crippen MR) is 58.8 cm³/mol. The first-order valence-electron chi connectivity index (χ1n) is 4.65. The molecule has 0 spiro atoms. The molecule has 13 heavy (non-hydrogen) atoms. The van der Waals surface area contributed by atoms with Crippen molar-refractivity contribution in [2.45, 2.75) is 26.3 Å². The van der Waals surface area contributed by atoms with Gasteiger partial charge in [0.2, 0.25) is 5.91 Å². The zero-order valence-corrected chi connectivity index (χ0v) is 9.49. The van der Waals surface area contributed by atoms with Crippen LogP contribution in [0.25, 0.3) is 0 Å². The lowest BCUT2D eigenvalue weighted by molar-refractivity contribution is -0.123. The molecule has 0 bridgehead atoms. The molecule has 0 unspecified atom stereocenters. The van der Waals surface area contributed by atoms with E-state index in [-0.39, 0.29) is 17.9 Å². The Morgan fingerprint density at radius 3 is 2.69 bits per heavy atom. The van der Waals surface area contributed by atoms with E-state index < -0.39 is 0 Å². The van der Waals surface area contributed by atoms with E-state index >= 15 is 0 Å². The van der Waals surface area contributed by atoms with E-state index in [0.29, 0.717) is 6.54 Å². The van der Waals surface area contributed by atoms with Gasteiger partial charge in [0.15, 0.2) is 0 Å². The van der Waals surface area contributed by atoms with Crippen LogP contribution in [0, 0.1) is 5.92 Å². The van der Waals surface area contributed by atoms with Crippen molar-refractivity contribution in [3.05, 3.63) is 0 Å². The predicted octanol–water partition coefficient (Wildman–Crippen LogP) is 0.839. The van der Waals surface area contributed by atoms with Crippen LogP contribution in [-0.2, 0) is 4.79 Å². The van der Waals surface area contributed by atoms with Gasteiger partial charge in [-0.15, -0.1) is 0 Å². The maximum atomic E-state index is 11.4. The second-order valence-electron chi connectivity index (χ2n) is 3.20. The standard InChI is InChI=1S/C9H20N2OS/c1-4-7(2)8(10)9(12)11-5-6-13-3/h7-8H,4-6,10H2,1-3H3,(H,11,12)/t7-,8-/m0/s1. The van der Waals surface area contributed by atoms with E-state index in [0.717, 1.165) is 12.2 Å². The molecule has 78 valence electrons. The van der Waals surface area contributed by atoms with Crippen molar-refractivity contribution in [1.29, 1.82) is 0 Å². The van der Waals surface area contributed by atoms with Crippen LogP contribution < -0.4 is 11.1 Å².